The minimum atomic E-state index is -0.231. The number of pyridine rings is 1. The lowest BCUT2D eigenvalue weighted by atomic mass is 9.87. The average molecular weight is 443 g/mol. The molecule has 0 atom stereocenters. The number of hydrogen-bond donors (Lipinski definition) is 3. The number of rotatable bonds is 4. The molecule has 3 aromatic heterocycles. The standard InChI is InChI=1S/C25H26N6O2/c1-15-14-17(25(33)29-20-4-2-3-11-27-20)7-10-19(15)21-22-23(26)28-12-13-31(22)24(30-21)16-5-8-18(32)9-6-16/h2-4,7,10-14,16,18,32H,5-6,8-9H2,1H3,(H2,26,28)(H,27,29,33). The summed E-state index contributed by atoms with van der Waals surface area (Å²) in [5, 5.41) is 12.7. The number of imidazole rings is 1. The predicted molar refractivity (Wildman–Crippen MR) is 127 cm³/mol. The SMILES string of the molecule is Cc1cc(C(=O)Nc2ccccn2)ccc1-c1nc(C2CCC(O)CC2)n2ccnc(N)c12. The summed E-state index contributed by atoms with van der Waals surface area (Å²) in [5.41, 5.74) is 10.2. The van der Waals surface area contributed by atoms with Crippen molar-refractivity contribution < 1.29 is 9.90 Å². The second-order valence-corrected chi connectivity index (χ2v) is 8.55. The maximum atomic E-state index is 12.7. The molecular formula is C25H26N6O2. The highest BCUT2D eigenvalue weighted by Crippen LogP contribution is 2.37. The fourth-order valence-corrected chi connectivity index (χ4v) is 4.59. The number of nitrogens with zero attached hydrogens (tertiary/aromatic N) is 4. The summed E-state index contributed by atoms with van der Waals surface area (Å²) in [6, 6.07) is 10.9. The molecule has 1 aliphatic rings. The van der Waals surface area contributed by atoms with Gasteiger partial charge in [-0.05, 0) is 62.4 Å². The van der Waals surface area contributed by atoms with Crippen molar-refractivity contribution in [3.8, 4) is 11.3 Å². The Morgan fingerprint density at radius 1 is 1.12 bits per heavy atom. The van der Waals surface area contributed by atoms with Crippen molar-refractivity contribution in [2.75, 3.05) is 11.1 Å². The van der Waals surface area contributed by atoms with Crippen LogP contribution < -0.4 is 11.1 Å². The zero-order valence-corrected chi connectivity index (χ0v) is 18.4. The van der Waals surface area contributed by atoms with Crippen molar-refractivity contribution in [3.63, 3.8) is 0 Å². The molecule has 1 saturated carbocycles. The van der Waals surface area contributed by atoms with E-state index in [4.69, 9.17) is 10.7 Å². The van der Waals surface area contributed by atoms with E-state index in [2.05, 4.69) is 15.3 Å². The van der Waals surface area contributed by atoms with Gasteiger partial charge in [0.1, 0.15) is 28.7 Å². The van der Waals surface area contributed by atoms with Gasteiger partial charge in [0.05, 0.1) is 6.10 Å². The molecule has 0 spiro atoms. The van der Waals surface area contributed by atoms with E-state index in [1.807, 2.05) is 35.7 Å². The third kappa shape index (κ3) is 4.05. The van der Waals surface area contributed by atoms with Gasteiger partial charge in [-0.25, -0.2) is 15.0 Å². The van der Waals surface area contributed by atoms with E-state index in [-0.39, 0.29) is 17.9 Å². The molecule has 0 saturated heterocycles. The molecule has 33 heavy (non-hydrogen) atoms. The maximum absolute atomic E-state index is 12.7. The maximum Gasteiger partial charge on any atom is 0.256 e. The second kappa shape index (κ2) is 8.63. The number of benzene rings is 1. The minimum absolute atomic E-state index is 0.222. The Hall–Kier alpha value is -3.78. The van der Waals surface area contributed by atoms with E-state index in [1.165, 1.54) is 0 Å². The van der Waals surface area contributed by atoms with Gasteiger partial charge in [0.2, 0.25) is 0 Å². The topological polar surface area (TPSA) is 118 Å². The van der Waals surface area contributed by atoms with Crippen molar-refractivity contribution in [3.05, 3.63) is 71.9 Å². The third-order valence-corrected chi connectivity index (χ3v) is 6.32. The highest BCUT2D eigenvalue weighted by atomic mass is 16.3. The van der Waals surface area contributed by atoms with Gasteiger partial charge in [0.15, 0.2) is 0 Å². The number of fused-ring (bicyclic) bond motifs is 1. The number of aliphatic hydroxyl groups excluding tert-OH is 1. The number of carbonyl (C=O) groups excluding carboxylic acids is 1. The largest absolute Gasteiger partial charge is 0.393 e. The molecule has 0 radical (unpaired) electrons. The van der Waals surface area contributed by atoms with Crippen molar-refractivity contribution in [2.45, 2.75) is 44.6 Å². The summed E-state index contributed by atoms with van der Waals surface area (Å²) in [5.74, 6) is 1.89. The lowest BCUT2D eigenvalue weighted by Gasteiger charge is -2.24. The first-order valence-electron chi connectivity index (χ1n) is 11.1. The molecule has 8 nitrogen and oxygen atoms in total. The van der Waals surface area contributed by atoms with Gasteiger partial charge in [-0.2, -0.15) is 0 Å². The molecule has 4 aromatic rings. The first kappa shape index (κ1) is 21.1. The van der Waals surface area contributed by atoms with Crippen molar-refractivity contribution in [1.29, 1.82) is 0 Å². The van der Waals surface area contributed by atoms with Gasteiger partial charge in [-0.3, -0.25) is 9.20 Å². The zero-order valence-electron chi connectivity index (χ0n) is 18.4. The Morgan fingerprint density at radius 3 is 2.67 bits per heavy atom. The molecule has 1 aromatic carbocycles. The molecular weight excluding hydrogens is 416 g/mol. The number of nitrogen functional groups attached to an aromatic ring is 1. The van der Waals surface area contributed by atoms with Gasteiger partial charge < -0.3 is 16.2 Å². The number of aromatic nitrogens is 4. The van der Waals surface area contributed by atoms with Crippen LogP contribution >= 0.6 is 0 Å². The number of amides is 1. The Kier molecular flexibility index (Phi) is 5.51. The van der Waals surface area contributed by atoms with Crippen molar-refractivity contribution in [1.82, 2.24) is 19.4 Å². The Labute approximate surface area is 191 Å². The molecule has 1 fully saturated rings. The van der Waals surface area contributed by atoms with E-state index in [9.17, 15) is 9.90 Å². The van der Waals surface area contributed by atoms with Crippen LogP contribution in [0.3, 0.4) is 0 Å². The summed E-state index contributed by atoms with van der Waals surface area (Å²) >= 11 is 0. The highest BCUT2D eigenvalue weighted by molar-refractivity contribution is 6.04. The zero-order chi connectivity index (χ0) is 22.9. The van der Waals surface area contributed by atoms with Crippen LogP contribution in [-0.2, 0) is 0 Å². The van der Waals surface area contributed by atoms with Crippen LogP contribution in [-0.4, -0.2) is 36.5 Å². The highest BCUT2D eigenvalue weighted by Gasteiger charge is 2.27. The normalized spacial score (nSPS) is 18.4. The van der Waals surface area contributed by atoms with E-state index >= 15 is 0 Å². The first-order chi connectivity index (χ1) is 16.0. The first-order valence-corrected chi connectivity index (χ1v) is 11.1. The molecule has 1 amide bonds. The summed E-state index contributed by atoms with van der Waals surface area (Å²) < 4.78 is 2.03. The number of nitrogens with one attached hydrogen (secondary N) is 1. The second-order valence-electron chi connectivity index (χ2n) is 8.55. The predicted octanol–water partition coefficient (Wildman–Crippen LogP) is 3.95. The number of nitrogens with two attached hydrogens (primary N) is 1. The van der Waals surface area contributed by atoms with E-state index < -0.39 is 0 Å². The van der Waals surface area contributed by atoms with Crippen LogP contribution in [0, 0.1) is 6.92 Å². The quantitative estimate of drug-likeness (QED) is 0.440. The minimum Gasteiger partial charge on any atom is -0.393 e. The number of anilines is 2. The molecule has 1 aliphatic carbocycles. The van der Waals surface area contributed by atoms with E-state index in [0.717, 1.165) is 53.8 Å². The third-order valence-electron chi connectivity index (χ3n) is 6.32. The number of hydrogen-bond acceptors (Lipinski definition) is 6. The number of carbonyl (C=O) groups is 1. The lowest BCUT2D eigenvalue weighted by molar-refractivity contribution is 0.102. The van der Waals surface area contributed by atoms with Gasteiger partial charge in [-0.15, -0.1) is 0 Å². The summed E-state index contributed by atoms with van der Waals surface area (Å²) in [6.45, 7) is 1.96. The van der Waals surface area contributed by atoms with E-state index in [0.29, 0.717) is 17.2 Å². The molecule has 5 rings (SSSR count). The van der Waals surface area contributed by atoms with Crippen LogP contribution in [0.25, 0.3) is 16.8 Å². The molecule has 3 heterocycles. The lowest BCUT2D eigenvalue weighted by Crippen LogP contribution is -2.18. The summed E-state index contributed by atoms with van der Waals surface area (Å²) in [7, 11) is 0. The number of aryl methyl sites for hydroxylation is 1. The summed E-state index contributed by atoms with van der Waals surface area (Å²) in [6.07, 6.45) is 8.30. The van der Waals surface area contributed by atoms with Crippen LogP contribution in [0.15, 0.2) is 55.0 Å². The average Bonchev–Trinajstić information content (AvgIpc) is 3.21. The Balaban J connectivity index is 1.52. The van der Waals surface area contributed by atoms with Crippen LogP contribution in [0.5, 0.6) is 0 Å². The molecule has 4 N–H and O–H groups in total. The van der Waals surface area contributed by atoms with Crippen LogP contribution in [0.4, 0.5) is 11.6 Å². The van der Waals surface area contributed by atoms with Gasteiger partial charge in [-0.1, -0.05) is 12.1 Å². The summed E-state index contributed by atoms with van der Waals surface area (Å²) in [4.78, 5) is 26.2. The molecule has 168 valence electrons. The van der Waals surface area contributed by atoms with Gasteiger partial charge >= 0.3 is 0 Å². The van der Waals surface area contributed by atoms with Crippen LogP contribution in [0.2, 0.25) is 0 Å². The fourth-order valence-electron chi connectivity index (χ4n) is 4.59. The van der Waals surface area contributed by atoms with Gasteiger partial charge in [0.25, 0.3) is 5.91 Å². The number of aliphatic hydroxyl groups is 1. The Morgan fingerprint density at radius 2 is 1.94 bits per heavy atom. The fraction of sp³-hybridized carbons (Fsp3) is 0.280. The molecule has 8 heteroatoms. The van der Waals surface area contributed by atoms with Crippen molar-refractivity contribution in [2.24, 2.45) is 0 Å². The van der Waals surface area contributed by atoms with Gasteiger partial charge in [0, 0.05) is 35.6 Å². The monoisotopic (exact) mass is 442 g/mol. The molecule has 0 aliphatic heterocycles. The van der Waals surface area contributed by atoms with Crippen molar-refractivity contribution >= 4 is 23.1 Å². The van der Waals surface area contributed by atoms with Crippen LogP contribution in [0.1, 0.15) is 53.3 Å². The smallest absolute Gasteiger partial charge is 0.256 e. The Bertz CT molecular complexity index is 1310. The van der Waals surface area contributed by atoms with E-state index in [1.54, 1.807) is 30.6 Å². The molecule has 0 bridgehead atoms. The molecule has 0 unspecified atom stereocenters.